The molecule has 0 bridgehead atoms. The second-order valence-electron chi connectivity index (χ2n) is 7.51. The van der Waals surface area contributed by atoms with Crippen LogP contribution in [0.25, 0.3) is 0 Å². The van der Waals surface area contributed by atoms with Gasteiger partial charge in [-0.25, -0.2) is 0 Å². The summed E-state index contributed by atoms with van der Waals surface area (Å²) >= 11 is 0. The first-order valence-corrected chi connectivity index (χ1v) is 9.31. The number of benzene rings is 2. The van der Waals surface area contributed by atoms with Gasteiger partial charge < -0.3 is 10.0 Å². The Hall–Kier alpha value is -1.64. The van der Waals surface area contributed by atoms with Gasteiger partial charge in [0.1, 0.15) is 0 Å². The Morgan fingerprint density at radius 3 is 2.42 bits per heavy atom. The third-order valence-corrected chi connectivity index (χ3v) is 6.00. The van der Waals surface area contributed by atoms with Gasteiger partial charge in [-0.2, -0.15) is 0 Å². The van der Waals surface area contributed by atoms with Crippen LogP contribution in [-0.2, 0) is 0 Å². The average Bonchev–Trinajstić information content (AvgIpc) is 2.93. The lowest BCUT2D eigenvalue weighted by Gasteiger charge is -2.40. The molecule has 4 atom stereocenters. The lowest BCUT2D eigenvalue weighted by molar-refractivity contribution is 0.158. The van der Waals surface area contributed by atoms with E-state index < -0.39 is 0 Å². The van der Waals surface area contributed by atoms with Crippen molar-refractivity contribution in [2.45, 2.75) is 31.3 Å². The van der Waals surface area contributed by atoms with E-state index in [2.05, 4.69) is 35.2 Å². The number of fused-ring (bicyclic) bond motifs is 1. The van der Waals surface area contributed by atoms with E-state index >= 15 is 0 Å². The highest BCUT2D eigenvalue weighted by Gasteiger charge is 2.46. The predicted octanol–water partition coefficient (Wildman–Crippen LogP) is 4.24. The van der Waals surface area contributed by atoms with Crippen LogP contribution in [0.1, 0.15) is 42.4 Å². The van der Waals surface area contributed by atoms with E-state index in [0.29, 0.717) is 0 Å². The molecule has 2 nitrogen and oxygen atoms in total. The van der Waals surface area contributed by atoms with Crippen LogP contribution >= 0.6 is 0 Å². The second kappa shape index (κ2) is 7.08. The minimum atomic E-state index is -0.317. The van der Waals surface area contributed by atoms with E-state index in [9.17, 15) is 5.11 Å². The summed E-state index contributed by atoms with van der Waals surface area (Å²) in [5.41, 5.74) is 2.57. The molecule has 2 fully saturated rings. The van der Waals surface area contributed by atoms with Crippen molar-refractivity contribution < 1.29 is 5.11 Å². The molecule has 24 heavy (non-hydrogen) atoms. The maximum absolute atomic E-state index is 10.3. The molecule has 0 spiro atoms. The van der Waals surface area contributed by atoms with Gasteiger partial charge in [-0.15, -0.1) is 0 Å². The molecule has 1 aliphatic carbocycles. The van der Waals surface area contributed by atoms with Gasteiger partial charge >= 0.3 is 0 Å². The zero-order valence-corrected chi connectivity index (χ0v) is 14.2. The predicted molar refractivity (Wildman–Crippen MR) is 97.9 cm³/mol. The van der Waals surface area contributed by atoms with Crippen LogP contribution in [0.4, 0.5) is 0 Å². The summed E-state index contributed by atoms with van der Waals surface area (Å²) in [7, 11) is 0. The Bertz CT molecular complexity index is 642. The van der Waals surface area contributed by atoms with E-state index in [4.69, 9.17) is 0 Å². The Labute approximate surface area is 145 Å². The smallest absolute Gasteiger partial charge is 0.0790 e. The van der Waals surface area contributed by atoms with Gasteiger partial charge in [0, 0.05) is 13.1 Å². The zero-order chi connectivity index (χ0) is 16.4. The van der Waals surface area contributed by atoms with Crippen molar-refractivity contribution in [2.24, 2.45) is 11.8 Å². The highest BCUT2D eigenvalue weighted by molar-refractivity contribution is 5.25. The van der Waals surface area contributed by atoms with Crippen LogP contribution in [0.3, 0.4) is 0 Å². The molecule has 0 radical (unpaired) electrons. The summed E-state index contributed by atoms with van der Waals surface area (Å²) in [6.07, 6.45) is 2.98. The summed E-state index contributed by atoms with van der Waals surface area (Å²) in [5.74, 6) is 2.52. The zero-order valence-electron chi connectivity index (χ0n) is 14.2. The normalized spacial score (nSPS) is 27.5. The van der Waals surface area contributed by atoms with Crippen molar-refractivity contribution in [2.75, 3.05) is 19.6 Å². The van der Waals surface area contributed by atoms with Crippen LogP contribution in [-0.4, -0.2) is 29.6 Å². The highest BCUT2D eigenvalue weighted by atomic mass is 16.3. The van der Waals surface area contributed by atoms with Crippen molar-refractivity contribution in [3.8, 4) is 0 Å². The van der Waals surface area contributed by atoms with E-state index in [-0.39, 0.29) is 6.10 Å². The van der Waals surface area contributed by atoms with Crippen LogP contribution in [0.15, 0.2) is 60.7 Å². The van der Waals surface area contributed by atoms with Gasteiger partial charge in [-0.3, -0.25) is 0 Å². The molecule has 4 rings (SSSR count). The third-order valence-electron chi connectivity index (χ3n) is 6.00. The number of hydrogen-bond donors (Lipinski definition) is 1. The molecule has 1 heterocycles. The Balaban J connectivity index is 1.24. The maximum atomic E-state index is 10.3. The van der Waals surface area contributed by atoms with E-state index in [0.717, 1.165) is 42.7 Å². The van der Waals surface area contributed by atoms with Gasteiger partial charge in [-0.1, -0.05) is 60.7 Å². The van der Waals surface area contributed by atoms with Gasteiger partial charge in [0.2, 0.25) is 0 Å². The first-order valence-electron chi connectivity index (χ1n) is 9.31. The maximum Gasteiger partial charge on any atom is 0.0790 e. The molecule has 4 unspecified atom stereocenters. The molecule has 1 N–H and O–H groups in total. The van der Waals surface area contributed by atoms with E-state index in [1.807, 2.05) is 30.3 Å². The fourth-order valence-corrected chi connectivity index (χ4v) is 4.62. The Morgan fingerprint density at radius 1 is 0.958 bits per heavy atom. The average molecular weight is 321 g/mol. The monoisotopic (exact) mass is 321 g/mol. The minimum Gasteiger partial charge on any atom is -0.388 e. The van der Waals surface area contributed by atoms with Crippen LogP contribution in [0.2, 0.25) is 0 Å². The second-order valence-corrected chi connectivity index (χ2v) is 7.51. The van der Waals surface area contributed by atoms with Gasteiger partial charge in [0.05, 0.1) is 6.10 Å². The summed E-state index contributed by atoms with van der Waals surface area (Å²) in [6, 6.07) is 21.1. The van der Waals surface area contributed by atoms with Crippen LogP contribution in [0, 0.1) is 11.8 Å². The van der Waals surface area contributed by atoms with Gasteiger partial charge in [0.25, 0.3) is 0 Å². The topological polar surface area (TPSA) is 23.5 Å². The molecule has 126 valence electrons. The number of rotatable bonds is 6. The molecule has 0 amide bonds. The molecule has 1 aliphatic heterocycles. The van der Waals surface area contributed by atoms with Crippen molar-refractivity contribution in [3.05, 3.63) is 71.8 Å². The fraction of sp³-hybridized carbons (Fsp3) is 0.455. The van der Waals surface area contributed by atoms with Crippen molar-refractivity contribution in [1.29, 1.82) is 0 Å². The quantitative estimate of drug-likeness (QED) is 0.860. The van der Waals surface area contributed by atoms with E-state index in [1.54, 1.807) is 0 Å². The largest absolute Gasteiger partial charge is 0.388 e. The number of likely N-dealkylation sites (tertiary alicyclic amines) is 1. The number of hydrogen-bond acceptors (Lipinski definition) is 2. The fourth-order valence-electron chi connectivity index (χ4n) is 4.62. The van der Waals surface area contributed by atoms with Crippen LogP contribution in [0.5, 0.6) is 0 Å². The number of aliphatic hydroxyl groups excluding tert-OH is 1. The molecular formula is C22H27NO. The van der Waals surface area contributed by atoms with Gasteiger partial charge in [0.15, 0.2) is 0 Å². The first-order chi connectivity index (χ1) is 11.8. The summed E-state index contributed by atoms with van der Waals surface area (Å²) in [6.45, 7) is 3.62. The number of nitrogens with zero attached hydrogens (tertiary/aromatic N) is 1. The molecule has 2 aliphatic rings. The van der Waals surface area contributed by atoms with Crippen LogP contribution < -0.4 is 0 Å². The van der Waals surface area contributed by atoms with Gasteiger partial charge in [-0.05, 0) is 54.7 Å². The van der Waals surface area contributed by atoms with Crippen molar-refractivity contribution >= 4 is 0 Å². The lowest BCUT2D eigenvalue weighted by Crippen LogP contribution is -2.33. The molecule has 0 aromatic heterocycles. The highest BCUT2D eigenvalue weighted by Crippen LogP contribution is 2.51. The lowest BCUT2D eigenvalue weighted by atomic mass is 9.64. The minimum absolute atomic E-state index is 0.317. The molecular weight excluding hydrogens is 294 g/mol. The summed E-state index contributed by atoms with van der Waals surface area (Å²) < 4.78 is 0. The first kappa shape index (κ1) is 15.9. The molecule has 1 saturated carbocycles. The third kappa shape index (κ3) is 3.26. The molecule has 1 saturated heterocycles. The molecule has 2 aromatic carbocycles. The standard InChI is InChI=1S/C22H27NO/c24-22(18-10-5-2-6-11-18)12-7-13-23-15-19-14-20(21(19)16-23)17-8-3-1-4-9-17/h1-6,8-11,19-22,24H,7,12-16H2. The SMILES string of the molecule is OC(CCCN1CC2CC(c3ccccc3)C2C1)c1ccccc1. The van der Waals surface area contributed by atoms with E-state index in [1.165, 1.54) is 25.1 Å². The molecule has 2 heteroatoms. The molecule has 2 aromatic rings. The summed E-state index contributed by atoms with van der Waals surface area (Å²) in [5, 5.41) is 10.3. The van der Waals surface area contributed by atoms with Crippen molar-refractivity contribution in [1.82, 2.24) is 4.90 Å². The summed E-state index contributed by atoms with van der Waals surface area (Å²) in [4.78, 5) is 2.62. The van der Waals surface area contributed by atoms with Crippen molar-refractivity contribution in [3.63, 3.8) is 0 Å². The Morgan fingerprint density at radius 2 is 1.67 bits per heavy atom. The number of aliphatic hydroxyl groups is 1. The Kier molecular flexibility index (Phi) is 4.68.